The van der Waals surface area contributed by atoms with Crippen molar-refractivity contribution in [1.82, 2.24) is 0 Å². The van der Waals surface area contributed by atoms with E-state index >= 15 is 0 Å². The maximum atomic E-state index is 9.98. The SMILES string of the molecule is O=C=Nc1ccc2c(c1)CCS2. The van der Waals surface area contributed by atoms with E-state index in [9.17, 15) is 4.79 Å². The predicted octanol–water partition coefficient (Wildman–Crippen LogP) is 2.30. The van der Waals surface area contributed by atoms with Gasteiger partial charge in [0, 0.05) is 10.6 Å². The number of isocyanates is 1. The highest BCUT2D eigenvalue weighted by Crippen LogP contribution is 2.33. The van der Waals surface area contributed by atoms with Gasteiger partial charge in [-0.2, -0.15) is 4.99 Å². The van der Waals surface area contributed by atoms with Gasteiger partial charge in [-0.25, -0.2) is 4.79 Å². The molecule has 0 aliphatic carbocycles. The number of hydrogen-bond acceptors (Lipinski definition) is 3. The minimum Gasteiger partial charge on any atom is -0.211 e. The van der Waals surface area contributed by atoms with E-state index in [1.54, 1.807) is 6.08 Å². The van der Waals surface area contributed by atoms with Gasteiger partial charge < -0.3 is 0 Å². The van der Waals surface area contributed by atoms with Gasteiger partial charge in [-0.3, -0.25) is 0 Å². The molecule has 0 saturated heterocycles. The molecule has 0 bridgehead atoms. The summed E-state index contributed by atoms with van der Waals surface area (Å²) in [4.78, 5) is 14.9. The van der Waals surface area contributed by atoms with Crippen LogP contribution in [-0.2, 0) is 11.2 Å². The molecule has 1 aromatic rings. The zero-order valence-corrected chi connectivity index (χ0v) is 7.23. The topological polar surface area (TPSA) is 29.4 Å². The van der Waals surface area contributed by atoms with Crippen molar-refractivity contribution in [1.29, 1.82) is 0 Å². The predicted molar refractivity (Wildman–Crippen MR) is 48.7 cm³/mol. The Morgan fingerprint density at radius 3 is 3.25 bits per heavy atom. The molecule has 0 saturated carbocycles. The van der Waals surface area contributed by atoms with E-state index in [1.807, 2.05) is 30.0 Å². The second-order valence-corrected chi connectivity index (χ2v) is 3.73. The summed E-state index contributed by atoms with van der Waals surface area (Å²) in [7, 11) is 0. The van der Waals surface area contributed by atoms with Crippen molar-refractivity contribution in [2.75, 3.05) is 5.75 Å². The summed E-state index contributed by atoms with van der Waals surface area (Å²) < 4.78 is 0. The van der Waals surface area contributed by atoms with Gasteiger partial charge in [0.2, 0.25) is 6.08 Å². The molecular weight excluding hydrogens is 170 g/mol. The van der Waals surface area contributed by atoms with E-state index in [4.69, 9.17) is 0 Å². The van der Waals surface area contributed by atoms with Crippen molar-refractivity contribution in [3.63, 3.8) is 0 Å². The molecule has 0 radical (unpaired) electrons. The van der Waals surface area contributed by atoms with Crippen molar-refractivity contribution in [3.05, 3.63) is 23.8 Å². The minimum absolute atomic E-state index is 0.714. The molecule has 12 heavy (non-hydrogen) atoms. The normalized spacial score (nSPS) is 13.7. The standard InChI is InChI=1S/C9H7NOS/c11-6-10-8-1-2-9-7(5-8)3-4-12-9/h1-2,5H,3-4H2. The van der Waals surface area contributed by atoms with Crippen molar-refractivity contribution in [3.8, 4) is 0 Å². The maximum absolute atomic E-state index is 9.98. The summed E-state index contributed by atoms with van der Waals surface area (Å²) in [5.74, 6) is 1.14. The Balaban J connectivity index is 2.45. The van der Waals surface area contributed by atoms with Crippen LogP contribution in [0, 0.1) is 0 Å². The molecule has 0 amide bonds. The summed E-state index contributed by atoms with van der Waals surface area (Å²) in [6, 6.07) is 5.82. The van der Waals surface area contributed by atoms with Crippen LogP contribution < -0.4 is 0 Å². The van der Waals surface area contributed by atoms with Crippen molar-refractivity contribution in [2.45, 2.75) is 11.3 Å². The lowest BCUT2D eigenvalue weighted by Gasteiger charge is -1.96. The zero-order valence-electron chi connectivity index (χ0n) is 6.41. The van der Waals surface area contributed by atoms with Crippen LogP contribution in [0.2, 0.25) is 0 Å². The van der Waals surface area contributed by atoms with Gasteiger partial charge in [0.1, 0.15) is 0 Å². The molecule has 0 N–H and O–H groups in total. The second-order valence-electron chi connectivity index (χ2n) is 2.59. The van der Waals surface area contributed by atoms with E-state index in [2.05, 4.69) is 4.99 Å². The Bertz CT molecular complexity index is 356. The molecule has 0 spiro atoms. The lowest BCUT2D eigenvalue weighted by molar-refractivity contribution is 0.565. The number of fused-ring (bicyclic) bond motifs is 1. The molecule has 60 valence electrons. The fourth-order valence-corrected chi connectivity index (χ4v) is 2.35. The molecule has 2 nitrogen and oxygen atoms in total. The Kier molecular flexibility index (Phi) is 1.98. The Morgan fingerprint density at radius 2 is 2.42 bits per heavy atom. The number of rotatable bonds is 1. The quantitative estimate of drug-likeness (QED) is 0.486. The molecule has 3 heteroatoms. The van der Waals surface area contributed by atoms with Crippen LogP contribution in [0.5, 0.6) is 0 Å². The van der Waals surface area contributed by atoms with Crippen molar-refractivity contribution < 1.29 is 4.79 Å². The Hall–Kier alpha value is -1.05. The third kappa shape index (κ3) is 1.29. The van der Waals surface area contributed by atoms with Crippen LogP contribution in [0.25, 0.3) is 0 Å². The molecule has 0 fully saturated rings. The monoisotopic (exact) mass is 177 g/mol. The zero-order chi connectivity index (χ0) is 8.39. The second kappa shape index (κ2) is 3.13. The molecule has 1 heterocycles. The number of nitrogens with zero attached hydrogens (tertiary/aromatic N) is 1. The lowest BCUT2D eigenvalue weighted by atomic mass is 10.1. The van der Waals surface area contributed by atoms with Gasteiger partial charge in [-0.05, 0) is 30.2 Å². The highest BCUT2D eigenvalue weighted by atomic mass is 32.2. The molecule has 1 aliphatic heterocycles. The molecule has 0 atom stereocenters. The summed E-state index contributed by atoms with van der Waals surface area (Å²) in [5, 5.41) is 0. The maximum Gasteiger partial charge on any atom is 0.240 e. The third-order valence-electron chi connectivity index (χ3n) is 1.85. The van der Waals surface area contributed by atoms with Crippen LogP contribution in [-0.4, -0.2) is 11.8 Å². The highest BCUT2D eigenvalue weighted by Gasteiger charge is 2.10. The van der Waals surface area contributed by atoms with Crippen LogP contribution >= 0.6 is 11.8 Å². The fraction of sp³-hybridized carbons (Fsp3) is 0.222. The van der Waals surface area contributed by atoms with Crippen LogP contribution in [0.15, 0.2) is 28.1 Å². The van der Waals surface area contributed by atoms with Gasteiger partial charge in [0.15, 0.2) is 0 Å². The molecule has 0 unspecified atom stereocenters. The van der Waals surface area contributed by atoms with E-state index in [0.717, 1.165) is 12.2 Å². The summed E-state index contributed by atoms with van der Waals surface area (Å²) in [6.07, 6.45) is 2.63. The number of aliphatic imine (C=N–C) groups is 1. The molecular formula is C9H7NOS. The van der Waals surface area contributed by atoms with Crippen molar-refractivity contribution >= 4 is 23.5 Å². The van der Waals surface area contributed by atoms with Crippen molar-refractivity contribution in [2.24, 2.45) is 4.99 Å². The summed E-state index contributed by atoms with van der Waals surface area (Å²) in [6.45, 7) is 0. The van der Waals surface area contributed by atoms with Gasteiger partial charge in [0.05, 0.1) is 5.69 Å². The average Bonchev–Trinajstić information content (AvgIpc) is 2.51. The third-order valence-corrected chi connectivity index (χ3v) is 2.97. The van der Waals surface area contributed by atoms with Gasteiger partial charge >= 0.3 is 0 Å². The van der Waals surface area contributed by atoms with Crippen LogP contribution in [0.1, 0.15) is 5.56 Å². The number of hydrogen-bond donors (Lipinski definition) is 0. The lowest BCUT2D eigenvalue weighted by Crippen LogP contribution is -1.78. The minimum atomic E-state index is 0.714. The first-order chi connectivity index (χ1) is 5.90. The van der Waals surface area contributed by atoms with Crippen LogP contribution in [0.4, 0.5) is 5.69 Å². The smallest absolute Gasteiger partial charge is 0.211 e. The summed E-state index contributed by atoms with van der Waals surface area (Å²) >= 11 is 1.85. The van der Waals surface area contributed by atoms with Gasteiger partial charge in [-0.15, -0.1) is 11.8 Å². The van der Waals surface area contributed by atoms with E-state index in [1.165, 1.54) is 10.5 Å². The number of thioether (sulfide) groups is 1. The fourth-order valence-electron chi connectivity index (χ4n) is 1.30. The van der Waals surface area contributed by atoms with E-state index < -0.39 is 0 Å². The molecule has 2 rings (SSSR count). The first-order valence-electron chi connectivity index (χ1n) is 3.74. The van der Waals surface area contributed by atoms with Gasteiger partial charge in [0.25, 0.3) is 0 Å². The number of carbonyl (C=O) groups excluding carboxylic acids is 1. The highest BCUT2D eigenvalue weighted by molar-refractivity contribution is 7.99. The first-order valence-corrected chi connectivity index (χ1v) is 4.72. The Morgan fingerprint density at radius 1 is 1.50 bits per heavy atom. The average molecular weight is 177 g/mol. The molecule has 1 aliphatic rings. The van der Waals surface area contributed by atoms with Crippen LogP contribution in [0.3, 0.4) is 0 Å². The molecule has 1 aromatic carbocycles. The summed E-state index contributed by atoms with van der Waals surface area (Å²) in [5.41, 5.74) is 2.02. The molecule has 0 aromatic heterocycles. The van der Waals surface area contributed by atoms with E-state index in [-0.39, 0.29) is 0 Å². The van der Waals surface area contributed by atoms with Gasteiger partial charge in [-0.1, -0.05) is 0 Å². The van der Waals surface area contributed by atoms with E-state index in [0.29, 0.717) is 5.69 Å². The largest absolute Gasteiger partial charge is 0.240 e. The Labute approximate surface area is 74.7 Å². The first kappa shape index (κ1) is 7.59. The number of benzene rings is 1. The number of aryl methyl sites for hydroxylation is 1.